The van der Waals surface area contributed by atoms with E-state index in [1.54, 1.807) is 24.3 Å². The number of carboxylic acids is 2. The Kier molecular flexibility index (Phi) is 6.28. The van der Waals surface area contributed by atoms with Crippen molar-refractivity contribution in [2.75, 3.05) is 6.54 Å². The second-order valence-electron chi connectivity index (χ2n) is 7.60. The molecule has 8 nitrogen and oxygen atoms in total. The van der Waals surface area contributed by atoms with Gasteiger partial charge in [-0.15, -0.1) is 0 Å². The van der Waals surface area contributed by atoms with E-state index in [2.05, 4.69) is 5.10 Å². The molecule has 1 saturated heterocycles. The van der Waals surface area contributed by atoms with Crippen LogP contribution in [0.3, 0.4) is 0 Å². The molecule has 8 heteroatoms. The van der Waals surface area contributed by atoms with E-state index in [-0.39, 0.29) is 23.6 Å². The Morgan fingerprint density at radius 2 is 1.45 bits per heavy atom. The van der Waals surface area contributed by atoms with Crippen LogP contribution in [0.4, 0.5) is 0 Å². The summed E-state index contributed by atoms with van der Waals surface area (Å²) in [5, 5.41) is 24.0. The number of hydrogen-bond acceptors (Lipinski definition) is 5. The van der Waals surface area contributed by atoms with Crippen molar-refractivity contribution in [1.82, 2.24) is 9.91 Å². The van der Waals surface area contributed by atoms with Gasteiger partial charge in [-0.3, -0.25) is 9.69 Å². The first kappa shape index (κ1) is 21.9. The van der Waals surface area contributed by atoms with Gasteiger partial charge in [-0.2, -0.15) is 5.10 Å². The number of carbonyl (C=O) groups excluding carboxylic acids is 1. The van der Waals surface area contributed by atoms with Crippen LogP contribution in [0.1, 0.15) is 43.6 Å². The van der Waals surface area contributed by atoms with Crippen LogP contribution in [0.2, 0.25) is 0 Å². The fourth-order valence-corrected chi connectivity index (χ4v) is 3.70. The van der Waals surface area contributed by atoms with E-state index in [1.165, 1.54) is 35.5 Å². The smallest absolute Gasteiger partial charge is 0.335 e. The summed E-state index contributed by atoms with van der Waals surface area (Å²) >= 11 is 0. The summed E-state index contributed by atoms with van der Waals surface area (Å²) < 4.78 is 0. The number of amides is 1. The third-order valence-corrected chi connectivity index (χ3v) is 5.34. The molecule has 0 radical (unpaired) electrons. The Balaban J connectivity index is 1.64. The van der Waals surface area contributed by atoms with Gasteiger partial charge in [-0.1, -0.05) is 54.6 Å². The summed E-state index contributed by atoms with van der Waals surface area (Å²) in [5.41, 5.74) is 2.74. The molecule has 0 aliphatic carbocycles. The van der Waals surface area contributed by atoms with Gasteiger partial charge < -0.3 is 10.2 Å². The van der Waals surface area contributed by atoms with Crippen molar-refractivity contribution in [2.45, 2.75) is 12.7 Å². The second kappa shape index (κ2) is 9.46. The van der Waals surface area contributed by atoms with E-state index in [0.717, 1.165) is 11.1 Å². The first-order valence-corrected chi connectivity index (χ1v) is 10.2. The zero-order valence-electron chi connectivity index (χ0n) is 17.5. The molecule has 4 rings (SSSR count). The molecule has 1 atom stereocenters. The second-order valence-corrected chi connectivity index (χ2v) is 7.60. The molecule has 2 N–H and O–H groups in total. The normalized spacial score (nSPS) is 16.4. The molecule has 0 unspecified atom stereocenters. The summed E-state index contributed by atoms with van der Waals surface area (Å²) in [6.45, 7) is 0.660. The highest BCUT2D eigenvalue weighted by molar-refractivity contribution is 5.90. The molecule has 166 valence electrons. The van der Waals surface area contributed by atoms with Crippen LogP contribution in [0.5, 0.6) is 0 Å². The van der Waals surface area contributed by atoms with Crippen LogP contribution >= 0.6 is 0 Å². The number of benzene rings is 3. The number of carboxylic acid groups (broad SMARTS) is 2. The molecule has 0 bridgehead atoms. The number of rotatable bonds is 7. The molecule has 3 aromatic carbocycles. The lowest BCUT2D eigenvalue weighted by molar-refractivity contribution is -0.128. The van der Waals surface area contributed by atoms with E-state index in [1.807, 2.05) is 35.2 Å². The summed E-state index contributed by atoms with van der Waals surface area (Å²) in [6, 6.07) is 22.3. The summed E-state index contributed by atoms with van der Waals surface area (Å²) in [7, 11) is 0. The molecule has 1 fully saturated rings. The number of nitrogens with zero attached hydrogens (tertiary/aromatic N) is 3. The number of carbonyl (C=O) groups is 3. The van der Waals surface area contributed by atoms with E-state index < -0.39 is 18.1 Å². The van der Waals surface area contributed by atoms with Crippen molar-refractivity contribution >= 4 is 24.1 Å². The van der Waals surface area contributed by atoms with Crippen molar-refractivity contribution in [3.8, 4) is 0 Å². The summed E-state index contributed by atoms with van der Waals surface area (Å²) in [4.78, 5) is 37.2. The predicted molar refractivity (Wildman–Crippen MR) is 121 cm³/mol. The molecule has 3 aromatic rings. The lowest BCUT2D eigenvalue weighted by atomic mass is 10.1. The van der Waals surface area contributed by atoms with Gasteiger partial charge in [0.1, 0.15) is 6.17 Å². The zero-order chi connectivity index (χ0) is 23.4. The largest absolute Gasteiger partial charge is 0.478 e. The zero-order valence-corrected chi connectivity index (χ0v) is 17.5. The highest BCUT2D eigenvalue weighted by Crippen LogP contribution is 2.32. The maximum Gasteiger partial charge on any atom is 0.335 e. The van der Waals surface area contributed by atoms with E-state index >= 15 is 0 Å². The molecule has 0 saturated carbocycles. The lowest BCUT2D eigenvalue weighted by Gasteiger charge is -2.27. The minimum atomic E-state index is -1.02. The molecule has 33 heavy (non-hydrogen) atoms. The van der Waals surface area contributed by atoms with Crippen LogP contribution in [-0.2, 0) is 11.3 Å². The van der Waals surface area contributed by atoms with Gasteiger partial charge in [0.25, 0.3) is 5.91 Å². The molecule has 0 aromatic heterocycles. The number of hydrazone groups is 1. The Morgan fingerprint density at radius 3 is 2.03 bits per heavy atom. The van der Waals surface area contributed by atoms with Crippen LogP contribution in [0, 0.1) is 0 Å². The minimum Gasteiger partial charge on any atom is -0.478 e. The monoisotopic (exact) mass is 443 g/mol. The Hall–Kier alpha value is -4.30. The van der Waals surface area contributed by atoms with Gasteiger partial charge in [0.05, 0.1) is 23.9 Å². The van der Waals surface area contributed by atoms with Crippen LogP contribution in [-0.4, -0.2) is 50.7 Å². The van der Waals surface area contributed by atoms with Crippen LogP contribution in [0.25, 0.3) is 0 Å². The summed E-state index contributed by atoms with van der Waals surface area (Å²) in [6.07, 6.45) is 0.990. The van der Waals surface area contributed by atoms with Crippen LogP contribution in [0.15, 0.2) is 84.0 Å². The van der Waals surface area contributed by atoms with Gasteiger partial charge >= 0.3 is 11.9 Å². The lowest BCUT2D eigenvalue weighted by Crippen LogP contribution is -2.28. The van der Waals surface area contributed by atoms with Crippen LogP contribution < -0.4 is 0 Å². The highest BCUT2D eigenvalue weighted by atomic mass is 16.4. The molecule has 1 amide bonds. The fourth-order valence-electron chi connectivity index (χ4n) is 3.70. The van der Waals surface area contributed by atoms with Crippen molar-refractivity contribution in [3.63, 3.8) is 0 Å². The average Bonchev–Trinajstić information content (AvgIpc) is 3.13. The van der Waals surface area contributed by atoms with E-state index in [4.69, 9.17) is 5.11 Å². The Morgan fingerprint density at radius 1 is 0.879 bits per heavy atom. The van der Waals surface area contributed by atoms with Crippen molar-refractivity contribution in [2.24, 2.45) is 5.10 Å². The van der Waals surface area contributed by atoms with Crippen molar-refractivity contribution in [3.05, 3.63) is 107 Å². The van der Waals surface area contributed by atoms with Gasteiger partial charge in [-0.05, 0) is 41.0 Å². The van der Waals surface area contributed by atoms with E-state index in [0.29, 0.717) is 12.1 Å². The minimum absolute atomic E-state index is 0.148. The highest BCUT2D eigenvalue weighted by Gasteiger charge is 2.39. The van der Waals surface area contributed by atoms with Crippen molar-refractivity contribution in [1.29, 1.82) is 0 Å². The topological polar surface area (TPSA) is 111 Å². The maximum atomic E-state index is 12.9. The third-order valence-electron chi connectivity index (χ3n) is 5.34. The average molecular weight is 443 g/mol. The van der Waals surface area contributed by atoms with Gasteiger partial charge in [-0.25, -0.2) is 14.6 Å². The van der Waals surface area contributed by atoms with Crippen molar-refractivity contribution < 1.29 is 24.6 Å². The first-order chi connectivity index (χ1) is 15.9. The Bertz CT molecular complexity index is 1190. The van der Waals surface area contributed by atoms with Gasteiger partial charge in [0, 0.05) is 6.54 Å². The molecule has 0 spiro atoms. The maximum absolute atomic E-state index is 12.9. The SMILES string of the molecule is O=C(O)c1ccc(/C=N\N2C(=O)CN(Cc3ccccc3)[C@@H]2c2ccc(C(=O)O)cc2)cc1. The standard InChI is InChI=1S/C25H21N3O5/c29-22-16-27(15-18-4-2-1-3-5-18)23(19-10-12-21(13-11-19)25(32)33)28(22)26-14-17-6-8-20(9-7-17)24(30)31/h1-14,23H,15-16H2,(H,30,31)(H,32,33)/b26-14-/t23-/m0/s1. The first-order valence-electron chi connectivity index (χ1n) is 10.2. The number of hydrogen-bond donors (Lipinski definition) is 2. The van der Waals surface area contributed by atoms with Gasteiger partial charge in [0.2, 0.25) is 0 Å². The summed E-state index contributed by atoms with van der Waals surface area (Å²) in [5.74, 6) is -2.24. The Labute approximate surface area is 190 Å². The number of aromatic carboxylic acids is 2. The molecular weight excluding hydrogens is 422 g/mol. The molecule has 1 heterocycles. The van der Waals surface area contributed by atoms with E-state index in [9.17, 15) is 19.5 Å². The quantitative estimate of drug-likeness (QED) is 0.541. The predicted octanol–water partition coefficient (Wildman–Crippen LogP) is 3.46. The molecular formula is C25H21N3O5. The molecule has 1 aliphatic heterocycles. The fraction of sp³-hybridized carbons (Fsp3) is 0.120. The molecule has 1 aliphatic rings. The third kappa shape index (κ3) is 4.97. The van der Waals surface area contributed by atoms with Gasteiger partial charge in [0.15, 0.2) is 0 Å².